The van der Waals surface area contributed by atoms with Crippen molar-refractivity contribution in [3.05, 3.63) is 42.1 Å². The monoisotopic (exact) mass is 256 g/mol. The quantitative estimate of drug-likeness (QED) is 0.892. The van der Waals surface area contributed by atoms with E-state index in [9.17, 15) is 9.90 Å². The van der Waals surface area contributed by atoms with Gasteiger partial charge in [0.05, 0.1) is 24.2 Å². The van der Waals surface area contributed by atoms with Gasteiger partial charge in [0.15, 0.2) is 0 Å². The molecule has 0 unspecified atom stereocenters. The van der Waals surface area contributed by atoms with E-state index in [4.69, 9.17) is 0 Å². The van der Waals surface area contributed by atoms with E-state index in [0.29, 0.717) is 25.1 Å². The van der Waals surface area contributed by atoms with E-state index in [2.05, 4.69) is 4.98 Å². The van der Waals surface area contributed by atoms with E-state index < -0.39 is 5.60 Å². The predicted molar refractivity (Wildman–Crippen MR) is 72.9 cm³/mol. The van der Waals surface area contributed by atoms with Crippen LogP contribution in [0.15, 0.2) is 36.5 Å². The van der Waals surface area contributed by atoms with Crippen LogP contribution >= 0.6 is 0 Å². The Kier molecular flexibility index (Phi) is 2.75. The van der Waals surface area contributed by atoms with Crippen molar-refractivity contribution >= 4 is 16.8 Å². The third-order valence-electron chi connectivity index (χ3n) is 3.77. The fourth-order valence-corrected chi connectivity index (χ4v) is 2.42. The summed E-state index contributed by atoms with van der Waals surface area (Å²) in [5.74, 6) is -0.0242. The summed E-state index contributed by atoms with van der Waals surface area (Å²) in [6.07, 6.45) is 2.42. The summed E-state index contributed by atoms with van der Waals surface area (Å²) in [5.41, 5.74) is 0.847. The zero-order chi connectivity index (χ0) is 13.5. The summed E-state index contributed by atoms with van der Waals surface area (Å²) >= 11 is 0. The van der Waals surface area contributed by atoms with Crippen molar-refractivity contribution in [2.75, 3.05) is 13.1 Å². The highest BCUT2D eigenvalue weighted by Gasteiger charge is 2.42. The van der Waals surface area contributed by atoms with Gasteiger partial charge in [-0.05, 0) is 30.7 Å². The number of likely N-dealkylation sites (tertiary alicyclic amines) is 1. The average molecular weight is 256 g/mol. The van der Waals surface area contributed by atoms with Gasteiger partial charge in [-0.2, -0.15) is 0 Å². The lowest BCUT2D eigenvalue weighted by Gasteiger charge is -2.46. The minimum Gasteiger partial charge on any atom is -0.386 e. The number of pyridine rings is 1. The van der Waals surface area contributed by atoms with Gasteiger partial charge in [0.2, 0.25) is 0 Å². The Morgan fingerprint density at radius 2 is 2.21 bits per heavy atom. The number of hydrogen-bond acceptors (Lipinski definition) is 3. The van der Waals surface area contributed by atoms with Crippen molar-refractivity contribution in [1.82, 2.24) is 9.88 Å². The molecule has 0 saturated carbocycles. The number of nitrogens with zero attached hydrogens (tertiary/aromatic N) is 2. The van der Waals surface area contributed by atoms with E-state index in [1.54, 1.807) is 17.2 Å². The van der Waals surface area contributed by atoms with Crippen molar-refractivity contribution in [3.8, 4) is 0 Å². The molecule has 98 valence electrons. The summed E-state index contributed by atoms with van der Waals surface area (Å²) in [7, 11) is 0. The molecule has 1 N–H and O–H groups in total. The van der Waals surface area contributed by atoms with Gasteiger partial charge < -0.3 is 10.0 Å². The number of benzene rings is 1. The number of amides is 1. The van der Waals surface area contributed by atoms with Crippen LogP contribution in [0, 0.1) is 0 Å². The van der Waals surface area contributed by atoms with Crippen LogP contribution in [0.25, 0.3) is 10.9 Å². The van der Waals surface area contributed by atoms with Gasteiger partial charge in [-0.3, -0.25) is 9.78 Å². The minimum absolute atomic E-state index is 0.0242. The number of aromatic nitrogens is 1. The van der Waals surface area contributed by atoms with Crippen LogP contribution in [0.1, 0.15) is 23.7 Å². The molecule has 0 aliphatic carbocycles. The van der Waals surface area contributed by atoms with Crippen molar-refractivity contribution in [1.29, 1.82) is 0 Å². The average Bonchev–Trinajstić information content (AvgIpc) is 2.42. The van der Waals surface area contributed by atoms with Crippen LogP contribution in [-0.2, 0) is 0 Å². The number of β-amino-alcohol motifs (C(OH)–C–C–N with tert-alkyl or cyclic N) is 1. The first-order chi connectivity index (χ1) is 9.11. The lowest BCUT2D eigenvalue weighted by atomic mass is 9.90. The standard InChI is InChI=1S/C15H16N2O2/c1-2-15(19)9-17(10-15)14(18)12-5-6-13-11(8-12)4-3-7-16-13/h3-8,19H,2,9-10H2,1H3. The fourth-order valence-electron chi connectivity index (χ4n) is 2.42. The topological polar surface area (TPSA) is 53.4 Å². The molecule has 1 saturated heterocycles. The molecule has 1 amide bonds. The molecule has 1 aliphatic heterocycles. The van der Waals surface area contributed by atoms with E-state index in [1.165, 1.54) is 0 Å². The van der Waals surface area contributed by atoms with Gasteiger partial charge in [0.1, 0.15) is 0 Å². The SMILES string of the molecule is CCC1(O)CN(C(=O)c2ccc3ncccc3c2)C1. The predicted octanol–water partition coefficient (Wildman–Crippen LogP) is 1.83. The lowest BCUT2D eigenvalue weighted by Crippen LogP contribution is -2.63. The third kappa shape index (κ3) is 2.08. The maximum absolute atomic E-state index is 12.3. The smallest absolute Gasteiger partial charge is 0.254 e. The number of hydrogen-bond donors (Lipinski definition) is 1. The van der Waals surface area contributed by atoms with Gasteiger partial charge >= 0.3 is 0 Å². The van der Waals surface area contributed by atoms with Crippen LogP contribution < -0.4 is 0 Å². The Morgan fingerprint density at radius 3 is 2.95 bits per heavy atom. The van der Waals surface area contributed by atoms with Crippen molar-refractivity contribution in [3.63, 3.8) is 0 Å². The van der Waals surface area contributed by atoms with E-state index in [0.717, 1.165) is 10.9 Å². The second kappa shape index (κ2) is 4.31. The molecule has 4 heteroatoms. The maximum atomic E-state index is 12.3. The molecule has 2 aromatic rings. The molecule has 0 atom stereocenters. The minimum atomic E-state index is -0.686. The third-order valence-corrected chi connectivity index (χ3v) is 3.77. The van der Waals surface area contributed by atoms with Crippen LogP contribution in [0.2, 0.25) is 0 Å². The Bertz CT molecular complexity index is 633. The maximum Gasteiger partial charge on any atom is 0.254 e. The molecule has 1 aromatic carbocycles. The molecular weight excluding hydrogens is 240 g/mol. The summed E-state index contributed by atoms with van der Waals surface area (Å²) in [6, 6.07) is 9.30. The molecule has 2 heterocycles. The highest BCUT2D eigenvalue weighted by atomic mass is 16.3. The van der Waals surface area contributed by atoms with Crippen molar-refractivity contribution < 1.29 is 9.90 Å². The van der Waals surface area contributed by atoms with Gasteiger partial charge in [0.25, 0.3) is 5.91 Å². The molecule has 0 radical (unpaired) electrons. The molecule has 0 bridgehead atoms. The fraction of sp³-hybridized carbons (Fsp3) is 0.333. The number of carbonyl (C=O) groups is 1. The Balaban J connectivity index is 1.83. The molecule has 3 rings (SSSR count). The van der Waals surface area contributed by atoms with Crippen molar-refractivity contribution in [2.24, 2.45) is 0 Å². The summed E-state index contributed by atoms with van der Waals surface area (Å²) in [6.45, 7) is 2.78. The summed E-state index contributed by atoms with van der Waals surface area (Å²) < 4.78 is 0. The molecule has 1 aliphatic rings. The largest absolute Gasteiger partial charge is 0.386 e. The first-order valence-corrected chi connectivity index (χ1v) is 6.48. The second-order valence-electron chi connectivity index (χ2n) is 5.15. The second-order valence-corrected chi connectivity index (χ2v) is 5.15. The van der Waals surface area contributed by atoms with Crippen LogP contribution in [0.4, 0.5) is 0 Å². The molecular formula is C15H16N2O2. The number of aliphatic hydroxyl groups is 1. The zero-order valence-electron chi connectivity index (χ0n) is 10.8. The molecule has 1 aromatic heterocycles. The summed E-state index contributed by atoms with van der Waals surface area (Å²) in [5, 5.41) is 10.9. The van der Waals surface area contributed by atoms with E-state index in [1.807, 2.05) is 31.2 Å². The Labute approximate surface area is 111 Å². The van der Waals surface area contributed by atoms with Crippen molar-refractivity contribution in [2.45, 2.75) is 18.9 Å². The van der Waals surface area contributed by atoms with E-state index in [-0.39, 0.29) is 5.91 Å². The van der Waals surface area contributed by atoms with Crippen LogP contribution in [0.3, 0.4) is 0 Å². The molecule has 4 nitrogen and oxygen atoms in total. The zero-order valence-corrected chi connectivity index (χ0v) is 10.8. The Morgan fingerprint density at radius 1 is 1.42 bits per heavy atom. The molecule has 0 spiro atoms. The lowest BCUT2D eigenvalue weighted by molar-refractivity contribution is -0.0826. The van der Waals surface area contributed by atoms with Crippen LogP contribution in [0.5, 0.6) is 0 Å². The molecule has 1 fully saturated rings. The van der Waals surface area contributed by atoms with Gasteiger partial charge in [-0.25, -0.2) is 0 Å². The Hall–Kier alpha value is -1.94. The highest BCUT2D eigenvalue weighted by molar-refractivity contribution is 5.98. The number of fused-ring (bicyclic) bond motifs is 1. The number of carbonyl (C=O) groups excluding carboxylic acids is 1. The summed E-state index contributed by atoms with van der Waals surface area (Å²) in [4.78, 5) is 18.2. The van der Waals surface area contributed by atoms with E-state index >= 15 is 0 Å². The van der Waals surface area contributed by atoms with Gasteiger partial charge in [-0.1, -0.05) is 13.0 Å². The van der Waals surface area contributed by atoms with Gasteiger partial charge in [0, 0.05) is 17.1 Å². The highest BCUT2D eigenvalue weighted by Crippen LogP contribution is 2.26. The molecule has 19 heavy (non-hydrogen) atoms. The first kappa shape index (κ1) is 12.1. The normalized spacial score (nSPS) is 17.3. The number of rotatable bonds is 2. The first-order valence-electron chi connectivity index (χ1n) is 6.48. The van der Waals surface area contributed by atoms with Gasteiger partial charge in [-0.15, -0.1) is 0 Å². The van der Waals surface area contributed by atoms with Crippen LogP contribution in [-0.4, -0.2) is 39.6 Å².